The summed E-state index contributed by atoms with van der Waals surface area (Å²) in [5.74, 6) is 2.26. The molecule has 1 aliphatic heterocycles. The molecule has 0 N–H and O–H groups in total. The molecule has 106 valence electrons. The summed E-state index contributed by atoms with van der Waals surface area (Å²) in [4.78, 5) is 0. The number of para-hydroxylation sites is 1. The van der Waals surface area contributed by atoms with E-state index >= 15 is 0 Å². The Kier molecular flexibility index (Phi) is 3.10. The highest BCUT2D eigenvalue weighted by atomic mass is 16.5. The maximum atomic E-state index is 8.97. The second-order valence-corrected chi connectivity index (χ2v) is 5.97. The Balaban J connectivity index is 1.93. The molecule has 0 saturated carbocycles. The van der Waals surface area contributed by atoms with E-state index in [1.54, 1.807) is 6.07 Å². The van der Waals surface area contributed by atoms with Crippen molar-refractivity contribution in [1.82, 2.24) is 0 Å². The molecule has 0 aromatic heterocycles. The fraction of sp³-hybridized carbons (Fsp3) is 0.278. The van der Waals surface area contributed by atoms with Crippen LogP contribution >= 0.6 is 0 Å². The molecule has 21 heavy (non-hydrogen) atoms. The van der Waals surface area contributed by atoms with Gasteiger partial charge < -0.3 is 9.47 Å². The van der Waals surface area contributed by atoms with Crippen molar-refractivity contribution in [2.75, 3.05) is 0 Å². The topological polar surface area (TPSA) is 42.2 Å². The predicted molar refractivity (Wildman–Crippen MR) is 80.8 cm³/mol. The molecule has 2 aromatic carbocycles. The molecule has 0 atom stereocenters. The predicted octanol–water partition coefficient (Wildman–Crippen LogP) is 4.37. The van der Waals surface area contributed by atoms with Crippen molar-refractivity contribution in [3.8, 4) is 23.3 Å². The molecule has 0 saturated heterocycles. The molecule has 0 bridgehead atoms. The molecule has 0 aliphatic carbocycles. The van der Waals surface area contributed by atoms with Crippen LogP contribution in [0.25, 0.3) is 0 Å². The lowest BCUT2D eigenvalue weighted by atomic mass is 10.0. The van der Waals surface area contributed by atoms with E-state index in [1.807, 2.05) is 31.2 Å². The minimum atomic E-state index is -0.192. The van der Waals surface area contributed by atoms with Crippen LogP contribution in [0, 0.1) is 18.3 Å². The SMILES string of the molecule is Cc1cc(Oc2cccc3c2OC(C)(C)C3)ccc1C#N. The number of hydrogen-bond donors (Lipinski definition) is 0. The smallest absolute Gasteiger partial charge is 0.169 e. The Bertz CT molecular complexity index is 741. The Morgan fingerprint density at radius 3 is 2.76 bits per heavy atom. The number of aryl methyl sites for hydroxylation is 1. The third-order valence-corrected chi connectivity index (χ3v) is 3.60. The van der Waals surface area contributed by atoms with Crippen molar-refractivity contribution in [2.45, 2.75) is 32.8 Å². The summed E-state index contributed by atoms with van der Waals surface area (Å²) in [5, 5.41) is 8.97. The Labute approximate surface area is 124 Å². The van der Waals surface area contributed by atoms with Crippen LogP contribution in [0.5, 0.6) is 17.2 Å². The van der Waals surface area contributed by atoms with Crippen LogP contribution < -0.4 is 9.47 Å². The van der Waals surface area contributed by atoms with Gasteiger partial charge in [-0.3, -0.25) is 0 Å². The third kappa shape index (κ3) is 2.57. The average Bonchev–Trinajstić information content (AvgIpc) is 2.74. The average molecular weight is 279 g/mol. The highest BCUT2D eigenvalue weighted by Gasteiger charge is 2.32. The number of fused-ring (bicyclic) bond motifs is 1. The monoisotopic (exact) mass is 279 g/mol. The zero-order valence-corrected chi connectivity index (χ0v) is 12.4. The van der Waals surface area contributed by atoms with Crippen molar-refractivity contribution in [1.29, 1.82) is 5.26 Å². The Morgan fingerprint density at radius 2 is 2.05 bits per heavy atom. The van der Waals surface area contributed by atoms with Gasteiger partial charge in [-0.15, -0.1) is 0 Å². The highest BCUT2D eigenvalue weighted by molar-refractivity contribution is 5.52. The zero-order chi connectivity index (χ0) is 15.0. The van der Waals surface area contributed by atoms with E-state index in [4.69, 9.17) is 14.7 Å². The van der Waals surface area contributed by atoms with Crippen molar-refractivity contribution < 1.29 is 9.47 Å². The van der Waals surface area contributed by atoms with Gasteiger partial charge in [-0.1, -0.05) is 12.1 Å². The lowest BCUT2D eigenvalue weighted by Gasteiger charge is -2.18. The van der Waals surface area contributed by atoms with Gasteiger partial charge in [0.05, 0.1) is 11.6 Å². The molecule has 0 amide bonds. The van der Waals surface area contributed by atoms with Crippen LogP contribution in [0.15, 0.2) is 36.4 Å². The first-order valence-corrected chi connectivity index (χ1v) is 6.98. The van der Waals surface area contributed by atoms with Gasteiger partial charge in [-0.2, -0.15) is 5.26 Å². The lowest BCUT2D eigenvalue weighted by Crippen LogP contribution is -2.24. The second kappa shape index (κ2) is 4.82. The summed E-state index contributed by atoms with van der Waals surface area (Å²) in [6.45, 7) is 6.05. The van der Waals surface area contributed by atoms with Crippen LogP contribution in [0.3, 0.4) is 0 Å². The number of ether oxygens (including phenoxy) is 2. The summed E-state index contributed by atoms with van der Waals surface area (Å²) in [7, 11) is 0. The maximum Gasteiger partial charge on any atom is 0.169 e. The van der Waals surface area contributed by atoms with E-state index in [0.29, 0.717) is 11.3 Å². The number of hydrogen-bond acceptors (Lipinski definition) is 3. The van der Waals surface area contributed by atoms with Crippen molar-refractivity contribution in [3.63, 3.8) is 0 Å². The van der Waals surface area contributed by atoms with Gasteiger partial charge in [0, 0.05) is 12.0 Å². The third-order valence-electron chi connectivity index (χ3n) is 3.60. The van der Waals surface area contributed by atoms with Gasteiger partial charge in [0.2, 0.25) is 0 Å². The molecule has 3 heteroatoms. The quantitative estimate of drug-likeness (QED) is 0.819. The lowest BCUT2D eigenvalue weighted by molar-refractivity contribution is 0.135. The first kappa shape index (κ1) is 13.5. The van der Waals surface area contributed by atoms with E-state index in [-0.39, 0.29) is 5.60 Å². The highest BCUT2D eigenvalue weighted by Crippen LogP contribution is 2.43. The van der Waals surface area contributed by atoms with Crippen LogP contribution in [-0.2, 0) is 6.42 Å². The molecule has 2 aromatic rings. The molecule has 0 fully saturated rings. The van der Waals surface area contributed by atoms with E-state index in [0.717, 1.165) is 23.5 Å². The van der Waals surface area contributed by atoms with Crippen molar-refractivity contribution >= 4 is 0 Å². The van der Waals surface area contributed by atoms with Gasteiger partial charge in [-0.25, -0.2) is 0 Å². The number of nitrogens with zero attached hydrogens (tertiary/aromatic N) is 1. The van der Waals surface area contributed by atoms with Crippen LogP contribution in [0.1, 0.15) is 30.5 Å². The van der Waals surface area contributed by atoms with Gasteiger partial charge >= 0.3 is 0 Å². The second-order valence-electron chi connectivity index (χ2n) is 5.97. The summed E-state index contributed by atoms with van der Waals surface area (Å²) in [6, 6.07) is 13.6. The number of benzene rings is 2. The fourth-order valence-corrected chi connectivity index (χ4v) is 2.62. The Morgan fingerprint density at radius 1 is 1.24 bits per heavy atom. The Hall–Kier alpha value is -2.47. The van der Waals surface area contributed by atoms with E-state index in [2.05, 4.69) is 26.0 Å². The molecule has 3 nitrogen and oxygen atoms in total. The normalized spacial score (nSPS) is 15.0. The maximum absolute atomic E-state index is 8.97. The standard InChI is InChI=1S/C18H17NO2/c1-12-9-15(8-7-14(12)11-19)20-16-6-4-5-13-10-18(2,3)21-17(13)16/h4-9H,10H2,1-3H3. The largest absolute Gasteiger partial charge is 0.483 e. The minimum Gasteiger partial charge on any atom is -0.483 e. The van der Waals surface area contributed by atoms with E-state index < -0.39 is 0 Å². The van der Waals surface area contributed by atoms with Crippen LogP contribution in [-0.4, -0.2) is 5.60 Å². The number of nitriles is 1. The van der Waals surface area contributed by atoms with Gasteiger partial charge in [0.1, 0.15) is 11.4 Å². The summed E-state index contributed by atoms with van der Waals surface area (Å²) < 4.78 is 12.0. The fourth-order valence-electron chi connectivity index (χ4n) is 2.62. The minimum absolute atomic E-state index is 0.192. The first-order chi connectivity index (χ1) is 9.98. The molecule has 0 unspecified atom stereocenters. The van der Waals surface area contributed by atoms with Crippen molar-refractivity contribution in [3.05, 3.63) is 53.1 Å². The molecule has 1 heterocycles. The van der Waals surface area contributed by atoms with Gasteiger partial charge in [-0.05, 0) is 50.6 Å². The molecular formula is C18H17NO2. The van der Waals surface area contributed by atoms with Gasteiger partial charge in [0.25, 0.3) is 0 Å². The molecule has 3 rings (SSSR count). The summed E-state index contributed by atoms with van der Waals surface area (Å²) >= 11 is 0. The first-order valence-electron chi connectivity index (χ1n) is 6.98. The molecule has 0 radical (unpaired) electrons. The zero-order valence-electron chi connectivity index (χ0n) is 12.4. The summed E-state index contributed by atoms with van der Waals surface area (Å²) in [6.07, 6.45) is 0.881. The molecule has 1 aliphatic rings. The number of rotatable bonds is 2. The van der Waals surface area contributed by atoms with Crippen molar-refractivity contribution in [2.24, 2.45) is 0 Å². The summed E-state index contributed by atoms with van der Waals surface area (Å²) in [5.41, 5.74) is 2.55. The van der Waals surface area contributed by atoms with Crippen LogP contribution in [0.4, 0.5) is 0 Å². The van der Waals surface area contributed by atoms with E-state index in [9.17, 15) is 0 Å². The van der Waals surface area contributed by atoms with Gasteiger partial charge in [0.15, 0.2) is 11.5 Å². The molecular weight excluding hydrogens is 262 g/mol. The van der Waals surface area contributed by atoms with E-state index in [1.165, 1.54) is 5.56 Å². The van der Waals surface area contributed by atoms with Crippen LogP contribution in [0.2, 0.25) is 0 Å². The molecule has 0 spiro atoms.